The summed E-state index contributed by atoms with van der Waals surface area (Å²) >= 11 is 0. The van der Waals surface area contributed by atoms with E-state index < -0.39 is 9.73 Å². The molecule has 1 aromatic carbocycles. The lowest BCUT2D eigenvalue weighted by molar-refractivity contribution is 0.0985. The number of hydrogen-bond acceptors (Lipinski definition) is 7. The molecule has 154 valence electrons. The standard InChI is InChI=1S/C20H26N6O2S/c1-13-7-6-8-16-19(13)21-15(3)26(16)20-22-17(24-29(4,5)27)11-18(23-20)25-9-10-28-12-14(25)2/h6-8,11,14H,9-10,12H2,1-5H3/t14-/m1/s1. The lowest BCUT2D eigenvalue weighted by atomic mass is 10.2. The maximum Gasteiger partial charge on any atom is 0.239 e. The van der Waals surface area contributed by atoms with E-state index >= 15 is 0 Å². The van der Waals surface area contributed by atoms with E-state index in [1.807, 2.05) is 36.6 Å². The average Bonchev–Trinajstić information content (AvgIpc) is 2.98. The van der Waals surface area contributed by atoms with Gasteiger partial charge < -0.3 is 9.64 Å². The molecule has 0 amide bonds. The third-order valence-corrected chi connectivity index (χ3v) is 5.54. The number of anilines is 1. The molecule has 1 aliphatic rings. The summed E-state index contributed by atoms with van der Waals surface area (Å²) in [5, 5.41) is 0. The lowest BCUT2D eigenvalue weighted by Crippen LogP contribution is -2.44. The van der Waals surface area contributed by atoms with Gasteiger partial charge in [0.1, 0.15) is 11.6 Å². The molecule has 0 N–H and O–H groups in total. The molecule has 0 radical (unpaired) electrons. The molecule has 0 spiro atoms. The van der Waals surface area contributed by atoms with Crippen LogP contribution >= 0.6 is 0 Å². The van der Waals surface area contributed by atoms with Crippen molar-refractivity contribution < 1.29 is 8.95 Å². The van der Waals surface area contributed by atoms with Crippen LogP contribution in [0.1, 0.15) is 18.3 Å². The second-order valence-corrected chi connectivity index (χ2v) is 10.3. The molecule has 8 nitrogen and oxygen atoms in total. The molecule has 3 aromatic rings. The Morgan fingerprint density at radius 1 is 1.21 bits per heavy atom. The first-order valence-corrected chi connectivity index (χ1v) is 11.9. The van der Waals surface area contributed by atoms with Crippen LogP contribution in [-0.4, -0.2) is 62.0 Å². The van der Waals surface area contributed by atoms with Crippen LogP contribution in [0.5, 0.6) is 0 Å². The second kappa shape index (κ2) is 7.38. The summed E-state index contributed by atoms with van der Waals surface area (Å²) in [6.07, 6.45) is 3.21. The first-order chi connectivity index (χ1) is 13.7. The van der Waals surface area contributed by atoms with Crippen LogP contribution in [0, 0.1) is 13.8 Å². The van der Waals surface area contributed by atoms with Gasteiger partial charge >= 0.3 is 0 Å². The van der Waals surface area contributed by atoms with Gasteiger partial charge in [-0.15, -0.1) is 0 Å². The average molecular weight is 415 g/mol. The molecule has 0 aliphatic carbocycles. The highest BCUT2D eigenvalue weighted by atomic mass is 32.2. The topological polar surface area (TPSA) is 85.5 Å². The smallest absolute Gasteiger partial charge is 0.239 e. The van der Waals surface area contributed by atoms with Gasteiger partial charge in [-0.2, -0.15) is 14.3 Å². The summed E-state index contributed by atoms with van der Waals surface area (Å²) in [6, 6.07) is 8.03. The summed E-state index contributed by atoms with van der Waals surface area (Å²) in [7, 11) is -2.37. The fourth-order valence-corrected chi connectivity index (χ4v) is 4.15. The van der Waals surface area contributed by atoms with E-state index in [-0.39, 0.29) is 6.04 Å². The number of ether oxygens (including phenoxy) is 1. The van der Waals surface area contributed by atoms with Gasteiger partial charge in [-0.3, -0.25) is 4.57 Å². The predicted molar refractivity (Wildman–Crippen MR) is 116 cm³/mol. The largest absolute Gasteiger partial charge is 0.377 e. The third-order valence-electron chi connectivity index (χ3n) is 4.92. The van der Waals surface area contributed by atoms with E-state index in [1.165, 1.54) is 0 Å². The van der Waals surface area contributed by atoms with Crippen LogP contribution in [0.3, 0.4) is 0 Å². The van der Waals surface area contributed by atoms with Gasteiger partial charge in [0, 0.05) is 34.9 Å². The highest BCUT2D eigenvalue weighted by Crippen LogP contribution is 2.27. The van der Waals surface area contributed by atoms with Gasteiger partial charge in [-0.1, -0.05) is 12.1 Å². The molecule has 0 bridgehead atoms. The molecule has 0 saturated carbocycles. The van der Waals surface area contributed by atoms with Crippen molar-refractivity contribution in [2.45, 2.75) is 26.8 Å². The van der Waals surface area contributed by atoms with Gasteiger partial charge in [0.2, 0.25) is 5.95 Å². The molecular weight excluding hydrogens is 388 g/mol. The number of imidazole rings is 1. The number of benzene rings is 1. The number of morpholine rings is 1. The van der Waals surface area contributed by atoms with Crippen LogP contribution in [0.2, 0.25) is 0 Å². The fraction of sp³-hybridized carbons (Fsp3) is 0.450. The Labute approximate surface area is 171 Å². The zero-order valence-electron chi connectivity index (χ0n) is 17.4. The van der Waals surface area contributed by atoms with Gasteiger partial charge in [0.15, 0.2) is 5.82 Å². The normalized spacial score (nSPS) is 17.7. The zero-order valence-corrected chi connectivity index (χ0v) is 18.2. The van der Waals surface area contributed by atoms with Crippen molar-refractivity contribution in [2.75, 3.05) is 37.2 Å². The van der Waals surface area contributed by atoms with Crippen molar-refractivity contribution in [3.8, 4) is 5.95 Å². The third kappa shape index (κ3) is 3.97. The minimum absolute atomic E-state index is 0.176. The predicted octanol–water partition coefficient (Wildman–Crippen LogP) is 3.02. The summed E-state index contributed by atoms with van der Waals surface area (Å²) < 4.78 is 24.2. The Hall–Kier alpha value is -2.52. The summed E-state index contributed by atoms with van der Waals surface area (Å²) in [6.45, 7) is 8.08. The van der Waals surface area contributed by atoms with Crippen LogP contribution in [0.15, 0.2) is 28.6 Å². The molecule has 2 aromatic heterocycles. The molecular formula is C20H26N6O2S. The minimum atomic E-state index is -2.37. The SMILES string of the molecule is Cc1cccc2c1nc(C)n2-c1nc(N=S(C)(C)=O)cc(N2CCOC[C@H]2C)n1. The number of para-hydroxylation sites is 1. The quantitative estimate of drug-likeness (QED) is 0.655. The Morgan fingerprint density at radius 2 is 2.00 bits per heavy atom. The first kappa shape index (κ1) is 19.8. The van der Waals surface area contributed by atoms with Gasteiger partial charge in [-0.05, 0) is 32.4 Å². The Kier molecular flexibility index (Phi) is 5.04. The first-order valence-electron chi connectivity index (χ1n) is 9.58. The van der Waals surface area contributed by atoms with Crippen molar-refractivity contribution in [2.24, 2.45) is 4.36 Å². The van der Waals surface area contributed by atoms with E-state index in [9.17, 15) is 4.21 Å². The molecule has 1 saturated heterocycles. The van der Waals surface area contributed by atoms with Crippen LogP contribution in [0.25, 0.3) is 17.0 Å². The van der Waals surface area contributed by atoms with Crippen LogP contribution in [-0.2, 0) is 14.5 Å². The summed E-state index contributed by atoms with van der Waals surface area (Å²) in [5.74, 6) is 2.44. The maximum absolute atomic E-state index is 12.4. The second-order valence-electron chi connectivity index (χ2n) is 7.71. The minimum Gasteiger partial charge on any atom is -0.377 e. The Bertz CT molecular complexity index is 1190. The van der Waals surface area contributed by atoms with Gasteiger partial charge in [0.25, 0.3) is 0 Å². The highest BCUT2D eigenvalue weighted by molar-refractivity contribution is 7.92. The van der Waals surface area contributed by atoms with Crippen LogP contribution in [0.4, 0.5) is 11.6 Å². The maximum atomic E-state index is 12.4. The van der Waals surface area contributed by atoms with Gasteiger partial charge in [0.05, 0.1) is 30.3 Å². The lowest BCUT2D eigenvalue weighted by Gasteiger charge is -2.34. The van der Waals surface area contributed by atoms with Crippen LogP contribution < -0.4 is 4.90 Å². The van der Waals surface area contributed by atoms with Crippen molar-refractivity contribution in [1.82, 2.24) is 19.5 Å². The highest BCUT2D eigenvalue weighted by Gasteiger charge is 2.23. The summed E-state index contributed by atoms with van der Waals surface area (Å²) in [5.41, 5.74) is 2.96. The Balaban J connectivity index is 1.95. The molecule has 1 fully saturated rings. The van der Waals surface area contributed by atoms with E-state index in [2.05, 4.69) is 21.2 Å². The Morgan fingerprint density at radius 3 is 2.72 bits per heavy atom. The van der Waals surface area contributed by atoms with E-state index in [4.69, 9.17) is 14.7 Å². The molecule has 9 heteroatoms. The molecule has 1 aliphatic heterocycles. The van der Waals surface area contributed by atoms with E-state index in [1.54, 1.807) is 18.6 Å². The molecule has 29 heavy (non-hydrogen) atoms. The number of fused-ring (bicyclic) bond motifs is 1. The van der Waals surface area contributed by atoms with Crippen molar-refractivity contribution >= 4 is 32.4 Å². The monoisotopic (exact) mass is 414 g/mol. The number of aryl methyl sites for hydroxylation is 2. The fourth-order valence-electron chi connectivity index (χ4n) is 3.60. The zero-order chi connectivity index (χ0) is 20.8. The van der Waals surface area contributed by atoms with Gasteiger partial charge in [-0.25, -0.2) is 9.19 Å². The summed E-state index contributed by atoms with van der Waals surface area (Å²) in [4.78, 5) is 16.4. The molecule has 0 unspecified atom stereocenters. The van der Waals surface area contributed by atoms with E-state index in [0.29, 0.717) is 25.0 Å². The van der Waals surface area contributed by atoms with Crippen molar-refractivity contribution in [3.05, 3.63) is 35.7 Å². The number of rotatable bonds is 3. The van der Waals surface area contributed by atoms with Crippen molar-refractivity contribution in [3.63, 3.8) is 0 Å². The number of nitrogens with zero attached hydrogens (tertiary/aromatic N) is 6. The molecule has 4 rings (SSSR count). The number of hydrogen-bond donors (Lipinski definition) is 0. The van der Waals surface area contributed by atoms with Crippen molar-refractivity contribution in [1.29, 1.82) is 0 Å². The van der Waals surface area contributed by atoms with E-state index in [0.717, 1.165) is 34.8 Å². The molecule has 3 heterocycles. The molecule has 1 atom stereocenters. The number of aromatic nitrogens is 4.